The molecule has 1 N–H and O–H groups in total. The Balaban J connectivity index is 1.17. The van der Waals surface area contributed by atoms with E-state index in [1.807, 2.05) is 68.5 Å². The SMILES string of the molecule is COc1cc(C2C3=CCC4C(=O)N(Cc5ccccc5)C(=O)C4C3CC3C(=O)N(c4cc(-c5sc6ccc(Cl)cc6c5C)nn4C)C(=O)C32C)c(Br)c(Br)c1O. The Morgan fingerprint density at radius 2 is 1.75 bits per heavy atom. The fourth-order valence-corrected chi connectivity index (χ4v) is 12.0. The van der Waals surface area contributed by atoms with E-state index >= 15 is 9.59 Å². The molecule has 286 valence electrons. The molecule has 1 saturated carbocycles. The van der Waals surface area contributed by atoms with Crippen LogP contribution in [0.4, 0.5) is 5.82 Å². The van der Waals surface area contributed by atoms with E-state index in [2.05, 4.69) is 31.9 Å². The monoisotopic (exact) mass is 916 g/mol. The van der Waals surface area contributed by atoms with E-state index in [0.717, 1.165) is 31.7 Å². The van der Waals surface area contributed by atoms with Gasteiger partial charge in [0.25, 0.3) is 0 Å². The minimum absolute atomic E-state index is 0.125. The number of carbonyl (C=O) groups is 4. The third kappa shape index (κ3) is 5.26. The van der Waals surface area contributed by atoms with Gasteiger partial charge in [-0.05, 0) is 111 Å². The number of amides is 4. The molecule has 4 heterocycles. The van der Waals surface area contributed by atoms with Crippen LogP contribution in [0.1, 0.15) is 42.4 Å². The second-order valence-electron chi connectivity index (χ2n) is 15.3. The maximum Gasteiger partial charge on any atom is 0.242 e. The number of fused-ring (bicyclic) bond motifs is 5. The number of anilines is 1. The topological polar surface area (TPSA) is 122 Å². The zero-order valence-corrected chi connectivity index (χ0v) is 35.4. The van der Waals surface area contributed by atoms with Gasteiger partial charge in [-0.15, -0.1) is 11.3 Å². The summed E-state index contributed by atoms with van der Waals surface area (Å²) in [6.45, 7) is 3.99. The Morgan fingerprint density at radius 1 is 1.00 bits per heavy atom. The van der Waals surface area contributed by atoms with Gasteiger partial charge in [-0.3, -0.25) is 28.8 Å². The molecule has 2 aromatic heterocycles. The molecule has 3 fully saturated rings. The van der Waals surface area contributed by atoms with Gasteiger partial charge in [-0.25, -0.2) is 4.90 Å². The predicted octanol–water partition coefficient (Wildman–Crippen LogP) is 8.93. The highest BCUT2D eigenvalue weighted by Gasteiger charge is 2.68. The van der Waals surface area contributed by atoms with E-state index in [0.29, 0.717) is 37.5 Å². The summed E-state index contributed by atoms with van der Waals surface area (Å²) in [4.78, 5) is 62.2. The van der Waals surface area contributed by atoms with Crippen molar-refractivity contribution >= 4 is 94.3 Å². The summed E-state index contributed by atoms with van der Waals surface area (Å²) in [5, 5.41) is 17.4. The van der Waals surface area contributed by atoms with Crippen molar-refractivity contribution in [1.29, 1.82) is 0 Å². The number of ether oxygens (including phenoxy) is 1. The molecule has 2 aliphatic heterocycles. The highest BCUT2D eigenvalue weighted by atomic mass is 79.9. The number of aromatic hydroxyl groups is 1. The number of imide groups is 2. The number of thiophene rings is 1. The first-order valence-corrected chi connectivity index (χ1v) is 21.0. The quantitative estimate of drug-likeness (QED) is 0.133. The number of benzene rings is 3. The highest BCUT2D eigenvalue weighted by Crippen LogP contribution is 2.65. The van der Waals surface area contributed by atoms with Gasteiger partial charge in [0.05, 0.1) is 46.2 Å². The summed E-state index contributed by atoms with van der Waals surface area (Å²) in [7, 11) is 3.16. The average molecular weight is 919 g/mol. The molecule has 6 unspecified atom stereocenters. The molecule has 10 nitrogen and oxygen atoms in total. The molecule has 14 heteroatoms. The van der Waals surface area contributed by atoms with Crippen LogP contribution in [0.5, 0.6) is 11.5 Å². The van der Waals surface area contributed by atoms with Crippen LogP contribution in [0.15, 0.2) is 81.3 Å². The van der Waals surface area contributed by atoms with Gasteiger partial charge >= 0.3 is 0 Å². The van der Waals surface area contributed by atoms with Gasteiger partial charge in [-0.1, -0.05) is 53.6 Å². The molecule has 0 spiro atoms. The van der Waals surface area contributed by atoms with Crippen molar-refractivity contribution in [3.8, 4) is 22.1 Å². The van der Waals surface area contributed by atoms with Crippen molar-refractivity contribution in [3.05, 3.63) is 103 Å². The summed E-state index contributed by atoms with van der Waals surface area (Å²) in [6.07, 6.45) is 2.52. The fourth-order valence-electron chi connectivity index (χ4n) is 9.76. The van der Waals surface area contributed by atoms with Gasteiger partial charge in [0, 0.05) is 33.2 Å². The van der Waals surface area contributed by atoms with Crippen LogP contribution < -0.4 is 9.64 Å². The molecule has 0 radical (unpaired) electrons. The lowest BCUT2D eigenvalue weighted by Crippen LogP contribution is -2.49. The fraction of sp³-hybridized carbons (Fsp3) is 0.310. The van der Waals surface area contributed by atoms with E-state index in [1.54, 1.807) is 35.2 Å². The third-order valence-corrected chi connectivity index (χ3v) is 16.2. The molecule has 4 aliphatic rings. The Bertz CT molecular complexity index is 2590. The number of carbonyl (C=O) groups excluding carboxylic acids is 4. The molecule has 0 bridgehead atoms. The number of allylic oxidation sites excluding steroid dienone is 2. The number of nitrogens with zero attached hydrogens (tertiary/aromatic N) is 4. The molecule has 56 heavy (non-hydrogen) atoms. The van der Waals surface area contributed by atoms with E-state index < -0.39 is 46.8 Å². The first-order chi connectivity index (χ1) is 26.8. The van der Waals surface area contributed by atoms with Crippen molar-refractivity contribution in [2.75, 3.05) is 12.0 Å². The molecule has 6 atom stereocenters. The zero-order valence-electron chi connectivity index (χ0n) is 30.7. The second kappa shape index (κ2) is 13.4. The lowest BCUT2D eigenvalue weighted by Gasteiger charge is -2.49. The molecular formula is C42H35Br2ClN4O6S. The first-order valence-electron chi connectivity index (χ1n) is 18.2. The Labute approximate surface area is 348 Å². The highest BCUT2D eigenvalue weighted by molar-refractivity contribution is 9.13. The van der Waals surface area contributed by atoms with E-state index in [-0.39, 0.29) is 36.3 Å². The van der Waals surface area contributed by atoms with Gasteiger partial charge in [-0.2, -0.15) is 5.10 Å². The Kier molecular flexibility index (Phi) is 8.92. The summed E-state index contributed by atoms with van der Waals surface area (Å²) in [5.41, 5.74) is 2.56. The smallest absolute Gasteiger partial charge is 0.242 e. The summed E-state index contributed by atoms with van der Waals surface area (Å²) < 4.78 is 9.02. The standard InChI is InChI=1S/C42H35Br2ClN4O6S/c1-19-24-14-21(45)10-13-30(24)56-37(19)28-17-31(47(3)46-28)49-39(52)27-15-25-22(11-12-23-32(25)40(53)48(38(23)51)18-20-8-6-5-7-9-20)33(42(27,2)41(49)54)26-16-29(55-4)36(50)35(44)34(26)43/h5-11,13-14,16-17,23,25,27,32-33,50H,12,15,18H2,1-4H3. The average Bonchev–Trinajstić information content (AvgIpc) is 3.85. The Morgan fingerprint density at radius 3 is 2.48 bits per heavy atom. The number of methoxy groups -OCH3 is 1. The largest absolute Gasteiger partial charge is 0.503 e. The van der Waals surface area contributed by atoms with E-state index in [4.69, 9.17) is 21.4 Å². The number of aromatic nitrogens is 2. The zero-order chi connectivity index (χ0) is 39.5. The minimum atomic E-state index is -1.33. The van der Waals surface area contributed by atoms with Crippen molar-refractivity contribution in [2.24, 2.45) is 36.1 Å². The molecule has 4 amide bonds. The molecule has 9 rings (SSSR count). The lowest BCUT2D eigenvalue weighted by molar-refractivity contribution is -0.141. The second-order valence-corrected chi connectivity index (χ2v) is 18.3. The van der Waals surface area contributed by atoms with Crippen LogP contribution in [0, 0.1) is 36.0 Å². The van der Waals surface area contributed by atoms with Gasteiger partial charge in [0.15, 0.2) is 11.5 Å². The van der Waals surface area contributed by atoms with Crippen molar-refractivity contribution < 1.29 is 29.0 Å². The number of aryl methyl sites for hydroxylation is 2. The third-order valence-electron chi connectivity index (χ3n) is 12.5. The maximum absolute atomic E-state index is 15.3. The summed E-state index contributed by atoms with van der Waals surface area (Å²) >= 11 is 15.1. The van der Waals surface area contributed by atoms with E-state index in [9.17, 15) is 14.7 Å². The maximum atomic E-state index is 15.3. The molecule has 3 aromatic carbocycles. The first kappa shape index (κ1) is 37.3. The molecule has 5 aromatic rings. The lowest BCUT2D eigenvalue weighted by atomic mass is 9.51. The van der Waals surface area contributed by atoms with Crippen LogP contribution >= 0.6 is 54.8 Å². The van der Waals surface area contributed by atoms with Gasteiger partial charge in [0.1, 0.15) is 11.5 Å². The summed E-state index contributed by atoms with van der Waals surface area (Å²) in [5.74, 6) is -4.29. The number of hydrogen-bond donors (Lipinski definition) is 1. The van der Waals surface area contributed by atoms with Crippen LogP contribution in [0.3, 0.4) is 0 Å². The van der Waals surface area contributed by atoms with Crippen molar-refractivity contribution in [1.82, 2.24) is 14.7 Å². The minimum Gasteiger partial charge on any atom is -0.503 e. The van der Waals surface area contributed by atoms with Crippen LogP contribution in [-0.4, -0.2) is 50.5 Å². The van der Waals surface area contributed by atoms with E-state index in [1.165, 1.54) is 16.9 Å². The van der Waals surface area contributed by atoms with Crippen LogP contribution in [-0.2, 0) is 32.8 Å². The number of halogens is 3. The van der Waals surface area contributed by atoms with Crippen LogP contribution in [0.2, 0.25) is 5.02 Å². The van der Waals surface area contributed by atoms with Crippen LogP contribution in [0.25, 0.3) is 20.7 Å². The molecule has 2 aliphatic carbocycles. The molecular weight excluding hydrogens is 884 g/mol. The summed E-state index contributed by atoms with van der Waals surface area (Å²) in [6, 6.07) is 18.6. The van der Waals surface area contributed by atoms with Gasteiger partial charge in [0.2, 0.25) is 23.6 Å². The van der Waals surface area contributed by atoms with Crippen molar-refractivity contribution in [2.45, 2.75) is 39.2 Å². The number of rotatable bonds is 6. The predicted molar refractivity (Wildman–Crippen MR) is 220 cm³/mol. The Hall–Kier alpha value is -4.30. The van der Waals surface area contributed by atoms with Gasteiger partial charge < -0.3 is 9.84 Å². The number of phenolic OH excluding ortho intramolecular Hbond substituents is 1. The number of hydrogen-bond acceptors (Lipinski definition) is 8. The van der Waals surface area contributed by atoms with Crippen molar-refractivity contribution in [3.63, 3.8) is 0 Å². The number of phenols is 1. The molecule has 2 saturated heterocycles. The normalized spacial score (nSPS) is 25.8. The number of likely N-dealkylation sites (tertiary alicyclic amines) is 1.